The van der Waals surface area contributed by atoms with Crippen LogP contribution < -0.4 is 5.73 Å². The van der Waals surface area contributed by atoms with Crippen LogP contribution in [0.5, 0.6) is 0 Å². The molecule has 19 heavy (non-hydrogen) atoms. The Labute approximate surface area is 114 Å². The van der Waals surface area contributed by atoms with E-state index in [0.29, 0.717) is 25.2 Å². The van der Waals surface area contributed by atoms with Crippen LogP contribution in [-0.4, -0.2) is 37.5 Å². The largest absolute Gasteiger partial charge is 0.399 e. The normalized spacial score (nSPS) is 21.4. The van der Waals surface area contributed by atoms with Crippen LogP contribution in [0, 0.1) is 5.92 Å². The topological polar surface area (TPSA) is 83.6 Å². The van der Waals surface area contributed by atoms with Crippen LogP contribution in [0.25, 0.3) is 0 Å². The molecule has 1 fully saturated rings. The predicted octanol–water partition coefficient (Wildman–Crippen LogP) is 1.05. The Kier molecular flexibility index (Phi) is 4.44. The third-order valence-corrected chi connectivity index (χ3v) is 5.42. The first-order valence-corrected chi connectivity index (χ1v) is 7.94. The molecule has 0 amide bonds. The maximum Gasteiger partial charge on any atom is 0.243 e. The van der Waals surface area contributed by atoms with E-state index < -0.39 is 10.0 Å². The van der Waals surface area contributed by atoms with Crippen LogP contribution in [0.15, 0.2) is 29.2 Å². The Balaban J connectivity index is 2.17. The van der Waals surface area contributed by atoms with Gasteiger partial charge in [0.1, 0.15) is 0 Å². The molecular weight excluding hydrogens is 264 g/mol. The second kappa shape index (κ2) is 5.90. The van der Waals surface area contributed by atoms with Crippen LogP contribution in [0.3, 0.4) is 0 Å². The number of benzene rings is 1. The zero-order valence-corrected chi connectivity index (χ0v) is 11.6. The maximum absolute atomic E-state index is 12.5. The van der Waals surface area contributed by atoms with E-state index in [-0.39, 0.29) is 17.4 Å². The highest BCUT2D eigenvalue weighted by molar-refractivity contribution is 7.89. The Bertz CT molecular complexity index is 511. The first kappa shape index (κ1) is 14.3. The second-order valence-corrected chi connectivity index (χ2v) is 6.89. The lowest BCUT2D eigenvalue weighted by molar-refractivity contribution is 0.203. The number of nitrogens with two attached hydrogens (primary N) is 1. The molecule has 106 valence electrons. The number of nitrogen functional groups attached to an aromatic ring is 1. The molecule has 0 bridgehead atoms. The van der Waals surface area contributed by atoms with Gasteiger partial charge in [0.15, 0.2) is 0 Å². The number of aliphatic hydroxyl groups is 1. The standard InChI is InChI=1S/C13H20N2O3S/c14-12-3-5-13(6-4-12)19(17,18)15-8-1-2-11(10-15)7-9-16/h3-6,11,16H,1-2,7-10,14H2. The number of rotatable bonds is 4. The summed E-state index contributed by atoms with van der Waals surface area (Å²) in [6.45, 7) is 1.16. The number of nitrogens with zero attached hydrogens (tertiary/aromatic N) is 1. The van der Waals surface area contributed by atoms with E-state index in [0.717, 1.165) is 12.8 Å². The molecule has 1 aromatic carbocycles. The molecule has 1 aliphatic rings. The average Bonchev–Trinajstić information content (AvgIpc) is 2.40. The van der Waals surface area contributed by atoms with Crippen molar-refractivity contribution in [3.63, 3.8) is 0 Å². The van der Waals surface area contributed by atoms with Crippen molar-refractivity contribution in [3.8, 4) is 0 Å². The zero-order valence-electron chi connectivity index (χ0n) is 10.8. The molecule has 1 atom stereocenters. The minimum atomic E-state index is -3.43. The first-order valence-electron chi connectivity index (χ1n) is 6.50. The Morgan fingerprint density at radius 3 is 2.63 bits per heavy atom. The van der Waals surface area contributed by atoms with Crippen LogP contribution in [-0.2, 0) is 10.0 Å². The van der Waals surface area contributed by atoms with Gasteiger partial charge in [0, 0.05) is 25.4 Å². The molecule has 5 nitrogen and oxygen atoms in total. The van der Waals surface area contributed by atoms with Gasteiger partial charge in [-0.15, -0.1) is 0 Å². The third-order valence-electron chi connectivity index (χ3n) is 3.54. The third kappa shape index (κ3) is 3.26. The molecule has 0 saturated carbocycles. The fourth-order valence-electron chi connectivity index (χ4n) is 2.45. The lowest BCUT2D eigenvalue weighted by Gasteiger charge is -2.31. The summed E-state index contributed by atoms with van der Waals surface area (Å²) in [5.74, 6) is 0.252. The van der Waals surface area contributed by atoms with Crippen molar-refractivity contribution in [2.24, 2.45) is 5.92 Å². The van der Waals surface area contributed by atoms with E-state index in [9.17, 15) is 8.42 Å². The predicted molar refractivity (Wildman–Crippen MR) is 74.0 cm³/mol. The molecular formula is C13H20N2O3S. The summed E-state index contributed by atoms with van der Waals surface area (Å²) in [7, 11) is -3.43. The summed E-state index contributed by atoms with van der Waals surface area (Å²) < 4.78 is 26.5. The Hall–Kier alpha value is -1.11. The van der Waals surface area contributed by atoms with Gasteiger partial charge in [0.25, 0.3) is 0 Å². The summed E-state index contributed by atoms with van der Waals surface area (Å²) in [4.78, 5) is 0.284. The van der Waals surface area contributed by atoms with Crippen molar-refractivity contribution < 1.29 is 13.5 Å². The number of hydrogen-bond acceptors (Lipinski definition) is 4. The SMILES string of the molecule is Nc1ccc(S(=O)(=O)N2CCCC(CCO)C2)cc1. The van der Waals surface area contributed by atoms with Gasteiger partial charge in [-0.25, -0.2) is 8.42 Å². The number of piperidine rings is 1. The molecule has 1 saturated heterocycles. The summed E-state index contributed by atoms with van der Waals surface area (Å²) >= 11 is 0. The Morgan fingerprint density at radius 2 is 2.00 bits per heavy atom. The minimum absolute atomic E-state index is 0.112. The lowest BCUT2D eigenvalue weighted by atomic mass is 9.97. The van der Waals surface area contributed by atoms with Gasteiger partial charge in [0.05, 0.1) is 4.90 Å². The molecule has 1 heterocycles. The number of aliphatic hydroxyl groups excluding tert-OH is 1. The van der Waals surface area contributed by atoms with E-state index >= 15 is 0 Å². The Morgan fingerprint density at radius 1 is 1.32 bits per heavy atom. The van der Waals surface area contributed by atoms with Crippen molar-refractivity contribution in [1.82, 2.24) is 4.31 Å². The van der Waals surface area contributed by atoms with Gasteiger partial charge in [-0.1, -0.05) is 0 Å². The molecule has 0 spiro atoms. The van der Waals surface area contributed by atoms with E-state index in [1.54, 1.807) is 24.3 Å². The lowest BCUT2D eigenvalue weighted by Crippen LogP contribution is -2.40. The fraction of sp³-hybridized carbons (Fsp3) is 0.538. The number of hydrogen-bond donors (Lipinski definition) is 2. The van der Waals surface area contributed by atoms with Crippen molar-refractivity contribution in [2.75, 3.05) is 25.4 Å². The van der Waals surface area contributed by atoms with E-state index in [1.165, 1.54) is 4.31 Å². The molecule has 2 rings (SSSR count). The second-order valence-electron chi connectivity index (χ2n) is 4.95. The number of anilines is 1. The maximum atomic E-state index is 12.5. The summed E-state index contributed by atoms with van der Waals surface area (Å²) in [5.41, 5.74) is 6.13. The van der Waals surface area contributed by atoms with Crippen molar-refractivity contribution in [1.29, 1.82) is 0 Å². The van der Waals surface area contributed by atoms with Crippen LogP contribution in [0.4, 0.5) is 5.69 Å². The highest BCUT2D eigenvalue weighted by Crippen LogP contribution is 2.25. The first-order chi connectivity index (χ1) is 9.04. The monoisotopic (exact) mass is 284 g/mol. The molecule has 6 heteroatoms. The van der Waals surface area contributed by atoms with Gasteiger partial charge < -0.3 is 10.8 Å². The van der Waals surface area contributed by atoms with Crippen LogP contribution in [0.2, 0.25) is 0 Å². The summed E-state index contributed by atoms with van der Waals surface area (Å²) in [6.07, 6.45) is 2.49. The molecule has 1 unspecified atom stereocenters. The molecule has 1 aromatic rings. The zero-order chi connectivity index (χ0) is 13.9. The van der Waals surface area contributed by atoms with Gasteiger partial charge >= 0.3 is 0 Å². The van der Waals surface area contributed by atoms with Crippen molar-refractivity contribution in [2.45, 2.75) is 24.2 Å². The van der Waals surface area contributed by atoms with Gasteiger partial charge in [-0.2, -0.15) is 4.31 Å². The molecule has 3 N–H and O–H groups in total. The smallest absolute Gasteiger partial charge is 0.243 e. The van der Waals surface area contributed by atoms with Gasteiger partial charge in [-0.05, 0) is 49.4 Å². The molecule has 0 aromatic heterocycles. The van der Waals surface area contributed by atoms with Crippen molar-refractivity contribution >= 4 is 15.7 Å². The quantitative estimate of drug-likeness (QED) is 0.810. The van der Waals surface area contributed by atoms with Gasteiger partial charge in [0.2, 0.25) is 10.0 Å². The van der Waals surface area contributed by atoms with Gasteiger partial charge in [-0.3, -0.25) is 0 Å². The summed E-state index contributed by atoms with van der Waals surface area (Å²) in [6, 6.07) is 6.28. The minimum Gasteiger partial charge on any atom is -0.399 e. The number of sulfonamides is 1. The molecule has 1 aliphatic heterocycles. The van der Waals surface area contributed by atoms with E-state index in [4.69, 9.17) is 10.8 Å². The van der Waals surface area contributed by atoms with Crippen molar-refractivity contribution in [3.05, 3.63) is 24.3 Å². The van der Waals surface area contributed by atoms with E-state index in [2.05, 4.69) is 0 Å². The van der Waals surface area contributed by atoms with E-state index in [1.807, 2.05) is 0 Å². The fourth-order valence-corrected chi connectivity index (χ4v) is 4.01. The average molecular weight is 284 g/mol. The highest BCUT2D eigenvalue weighted by atomic mass is 32.2. The van der Waals surface area contributed by atoms with Crippen LogP contribution >= 0.6 is 0 Å². The molecule has 0 aliphatic carbocycles. The van der Waals surface area contributed by atoms with Crippen LogP contribution in [0.1, 0.15) is 19.3 Å². The highest BCUT2D eigenvalue weighted by Gasteiger charge is 2.29. The molecule has 0 radical (unpaired) electrons. The summed E-state index contributed by atoms with van der Waals surface area (Å²) in [5, 5.41) is 8.97.